The first-order chi connectivity index (χ1) is 9.63. The molecule has 0 bridgehead atoms. The number of carbonyl (C=O) groups is 2. The summed E-state index contributed by atoms with van der Waals surface area (Å²) in [5.74, 6) is -0.766. The molecule has 0 amide bonds. The minimum atomic E-state index is -0.383. The molecule has 1 aromatic rings. The van der Waals surface area contributed by atoms with Crippen LogP contribution < -0.4 is 0 Å². The Bertz CT molecular complexity index is 464. The van der Waals surface area contributed by atoms with E-state index in [-0.39, 0.29) is 25.0 Å². The van der Waals surface area contributed by atoms with E-state index < -0.39 is 0 Å². The predicted octanol–water partition coefficient (Wildman–Crippen LogP) is 0.366. The number of methoxy groups -OCH3 is 2. The topological polar surface area (TPSA) is 73.7 Å². The normalized spacial score (nSPS) is 14.3. The lowest BCUT2D eigenvalue weighted by Crippen LogP contribution is -2.35. The Morgan fingerprint density at radius 2 is 1.90 bits per heavy atom. The third-order valence-electron chi connectivity index (χ3n) is 3.23. The van der Waals surface area contributed by atoms with Crippen molar-refractivity contribution >= 4 is 11.9 Å². The SMILES string of the molecule is COC(=O)CN(CC(=O)OC)Cc1cncn1C1CC1. The van der Waals surface area contributed by atoms with Gasteiger partial charge in [-0.05, 0) is 12.8 Å². The number of hydrogen-bond donors (Lipinski definition) is 0. The van der Waals surface area contributed by atoms with Gasteiger partial charge in [0.15, 0.2) is 0 Å². The lowest BCUT2D eigenvalue weighted by molar-refractivity contribution is -0.145. The van der Waals surface area contributed by atoms with Crippen molar-refractivity contribution in [2.75, 3.05) is 27.3 Å². The highest BCUT2D eigenvalue weighted by atomic mass is 16.5. The van der Waals surface area contributed by atoms with Crippen LogP contribution in [-0.4, -0.2) is 53.7 Å². The van der Waals surface area contributed by atoms with E-state index in [2.05, 4.69) is 19.0 Å². The number of imidazole rings is 1. The quantitative estimate of drug-likeness (QED) is 0.672. The van der Waals surface area contributed by atoms with Crippen molar-refractivity contribution in [3.05, 3.63) is 18.2 Å². The van der Waals surface area contributed by atoms with E-state index in [4.69, 9.17) is 0 Å². The van der Waals surface area contributed by atoms with Crippen LogP contribution in [0.1, 0.15) is 24.6 Å². The second-order valence-corrected chi connectivity index (χ2v) is 4.82. The number of carbonyl (C=O) groups excluding carboxylic acids is 2. The Hall–Kier alpha value is -1.89. The summed E-state index contributed by atoms with van der Waals surface area (Å²) in [6, 6.07) is 0.505. The van der Waals surface area contributed by atoms with Gasteiger partial charge in [0.05, 0.1) is 39.3 Å². The van der Waals surface area contributed by atoms with Crippen molar-refractivity contribution < 1.29 is 19.1 Å². The molecule has 7 nitrogen and oxygen atoms in total. The van der Waals surface area contributed by atoms with Crippen LogP contribution >= 0.6 is 0 Å². The van der Waals surface area contributed by atoms with Gasteiger partial charge in [0, 0.05) is 18.8 Å². The molecule has 0 spiro atoms. The van der Waals surface area contributed by atoms with Gasteiger partial charge >= 0.3 is 11.9 Å². The maximum Gasteiger partial charge on any atom is 0.319 e. The Kier molecular flexibility index (Phi) is 4.73. The van der Waals surface area contributed by atoms with Crippen molar-refractivity contribution in [3.63, 3.8) is 0 Å². The smallest absolute Gasteiger partial charge is 0.319 e. The summed E-state index contributed by atoms with van der Waals surface area (Å²) >= 11 is 0. The van der Waals surface area contributed by atoms with Gasteiger partial charge in [-0.2, -0.15) is 0 Å². The van der Waals surface area contributed by atoms with Crippen molar-refractivity contribution in [2.24, 2.45) is 0 Å². The van der Waals surface area contributed by atoms with Crippen LogP contribution in [0.4, 0.5) is 0 Å². The van der Waals surface area contributed by atoms with Crippen LogP contribution in [0, 0.1) is 0 Å². The lowest BCUT2D eigenvalue weighted by atomic mass is 10.3. The molecule has 1 aliphatic rings. The minimum absolute atomic E-state index is 0.0431. The molecule has 7 heteroatoms. The Morgan fingerprint density at radius 3 is 2.40 bits per heavy atom. The number of rotatable bonds is 7. The monoisotopic (exact) mass is 281 g/mol. The number of hydrogen-bond acceptors (Lipinski definition) is 6. The van der Waals surface area contributed by atoms with E-state index in [1.54, 1.807) is 17.4 Å². The fourth-order valence-electron chi connectivity index (χ4n) is 2.03. The van der Waals surface area contributed by atoms with E-state index in [0.717, 1.165) is 18.5 Å². The van der Waals surface area contributed by atoms with E-state index in [1.165, 1.54) is 14.2 Å². The van der Waals surface area contributed by atoms with Crippen LogP contribution in [0.2, 0.25) is 0 Å². The van der Waals surface area contributed by atoms with Crippen molar-refractivity contribution in [1.82, 2.24) is 14.5 Å². The molecule has 0 unspecified atom stereocenters. The maximum absolute atomic E-state index is 11.4. The molecule has 0 aliphatic heterocycles. The molecule has 0 saturated heterocycles. The number of ether oxygens (including phenoxy) is 2. The predicted molar refractivity (Wildman–Crippen MR) is 69.8 cm³/mol. The molecule has 0 aromatic carbocycles. The fourth-order valence-corrected chi connectivity index (χ4v) is 2.03. The largest absolute Gasteiger partial charge is 0.468 e. The zero-order valence-corrected chi connectivity index (χ0v) is 11.7. The van der Waals surface area contributed by atoms with Gasteiger partial charge in [-0.25, -0.2) is 4.98 Å². The first-order valence-corrected chi connectivity index (χ1v) is 6.50. The molecule has 1 aromatic heterocycles. The standard InChI is InChI=1S/C13H19N3O4/c1-19-12(17)7-15(8-13(18)20-2)6-11-5-14-9-16(11)10-3-4-10/h5,9-10H,3-4,6-8H2,1-2H3. The summed E-state index contributed by atoms with van der Waals surface area (Å²) in [5, 5.41) is 0. The molecule has 1 saturated carbocycles. The fraction of sp³-hybridized carbons (Fsp3) is 0.615. The van der Waals surface area contributed by atoms with Gasteiger partial charge in [-0.3, -0.25) is 14.5 Å². The van der Waals surface area contributed by atoms with Gasteiger partial charge in [0.2, 0.25) is 0 Å². The molecule has 1 heterocycles. The van der Waals surface area contributed by atoms with Crippen LogP contribution in [0.25, 0.3) is 0 Å². The van der Waals surface area contributed by atoms with Crippen LogP contribution in [0.15, 0.2) is 12.5 Å². The minimum Gasteiger partial charge on any atom is -0.468 e. The number of esters is 2. The van der Waals surface area contributed by atoms with E-state index >= 15 is 0 Å². The number of aromatic nitrogens is 2. The molecule has 20 heavy (non-hydrogen) atoms. The maximum atomic E-state index is 11.4. The molecule has 110 valence electrons. The average Bonchev–Trinajstić information content (AvgIpc) is 3.18. The Labute approximate surface area is 117 Å². The van der Waals surface area contributed by atoms with Gasteiger partial charge in [0.1, 0.15) is 0 Å². The number of nitrogens with zero attached hydrogens (tertiary/aromatic N) is 3. The molecular formula is C13H19N3O4. The Morgan fingerprint density at radius 1 is 1.30 bits per heavy atom. The van der Waals surface area contributed by atoms with Crippen molar-refractivity contribution in [1.29, 1.82) is 0 Å². The molecule has 0 radical (unpaired) electrons. The second kappa shape index (κ2) is 6.51. The lowest BCUT2D eigenvalue weighted by Gasteiger charge is -2.20. The highest BCUT2D eigenvalue weighted by molar-refractivity contribution is 5.74. The van der Waals surface area contributed by atoms with Gasteiger partial charge in [-0.15, -0.1) is 0 Å². The zero-order chi connectivity index (χ0) is 14.5. The van der Waals surface area contributed by atoms with Gasteiger partial charge in [0.25, 0.3) is 0 Å². The summed E-state index contributed by atoms with van der Waals surface area (Å²) in [4.78, 5) is 28.7. The first kappa shape index (κ1) is 14.5. The van der Waals surface area contributed by atoms with Crippen LogP contribution in [0.5, 0.6) is 0 Å². The third-order valence-corrected chi connectivity index (χ3v) is 3.23. The average molecular weight is 281 g/mol. The molecule has 0 N–H and O–H groups in total. The summed E-state index contributed by atoms with van der Waals surface area (Å²) in [6.07, 6.45) is 5.86. The third kappa shape index (κ3) is 3.80. The summed E-state index contributed by atoms with van der Waals surface area (Å²) in [7, 11) is 2.65. The molecule has 2 rings (SSSR count). The van der Waals surface area contributed by atoms with E-state index in [0.29, 0.717) is 12.6 Å². The van der Waals surface area contributed by atoms with E-state index in [9.17, 15) is 9.59 Å². The summed E-state index contributed by atoms with van der Waals surface area (Å²) in [5.41, 5.74) is 0.986. The Balaban J connectivity index is 2.03. The van der Waals surface area contributed by atoms with Gasteiger partial charge in [-0.1, -0.05) is 0 Å². The van der Waals surface area contributed by atoms with Crippen molar-refractivity contribution in [3.8, 4) is 0 Å². The molecular weight excluding hydrogens is 262 g/mol. The van der Waals surface area contributed by atoms with E-state index in [1.807, 2.05) is 0 Å². The molecule has 1 aliphatic carbocycles. The first-order valence-electron chi connectivity index (χ1n) is 6.50. The van der Waals surface area contributed by atoms with Crippen LogP contribution in [0.3, 0.4) is 0 Å². The highest BCUT2D eigenvalue weighted by Gasteiger charge is 2.26. The van der Waals surface area contributed by atoms with Crippen molar-refractivity contribution in [2.45, 2.75) is 25.4 Å². The summed E-state index contributed by atoms with van der Waals surface area (Å²) < 4.78 is 11.4. The van der Waals surface area contributed by atoms with Gasteiger partial charge < -0.3 is 14.0 Å². The molecule has 1 fully saturated rings. The molecule has 0 atom stereocenters. The zero-order valence-electron chi connectivity index (χ0n) is 11.7. The highest BCUT2D eigenvalue weighted by Crippen LogP contribution is 2.35. The van der Waals surface area contributed by atoms with Crippen LogP contribution in [-0.2, 0) is 25.6 Å². The second-order valence-electron chi connectivity index (χ2n) is 4.82. The summed E-state index contributed by atoms with van der Waals surface area (Å²) in [6.45, 7) is 0.545.